The van der Waals surface area contributed by atoms with E-state index in [9.17, 15) is 9.59 Å². The predicted molar refractivity (Wildman–Crippen MR) is 96.4 cm³/mol. The van der Waals surface area contributed by atoms with Gasteiger partial charge in [0, 0.05) is 32.7 Å². The first-order chi connectivity index (χ1) is 11.9. The van der Waals surface area contributed by atoms with Crippen LogP contribution in [0.3, 0.4) is 0 Å². The van der Waals surface area contributed by atoms with Crippen molar-refractivity contribution in [1.82, 2.24) is 25.7 Å². The fourth-order valence-electron chi connectivity index (χ4n) is 2.84. The number of hydrogen-bond donors (Lipinski definition) is 2. The van der Waals surface area contributed by atoms with Gasteiger partial charge in [-0.15, -0.1) is 5.10 Å². The summed E-state index contributed by atoms with van der Waals surface area (Å²) in [6.07, 6.45) is 1.87. The molecular weight excluding hydrogens is 320 g/mol. The number of hydrogen-bond acceptors (Lipinski definition) is 5. The molecule has 0 bridgehead atoms. The first-order valence-electron chi connectivity index (χ1n) is 8.78. The third-order valence-electron chi connectivity index (χ3n) is 4.43. The molecule has 0 aromatic carbocycles. The summed E-state index contributed by atoms with van der Waals surface area (Å²) in [5.74, 6) is 0.725. The zero-order valence-electron chi connectivity index (χ0n) is 15.5. The zero-order chi connectivity index (χ0) is 18.4. The van der Waals surface area contributed by atoms with Crippen molar-refractivity contribution in [2.24, 2.45) is 0 Å². The van der Waals surface area contributed by atoms with Gasteiger partial charge in [0.2, 0.25) is 5.91 Å². The van der Waals surface area contributed by atoms with Crippen LogP contribution in [0.4, 0.5) is 10.6 Å². The molecule has 1 fully saturated rings. The predicted octanol–water partition coefficient (Wildman–Crippen LogP) is 0.920. The third-order valence-corrected chi connectivity index (χ3v) is 4.43. The van der Waals surface area contributed by atoms with Crippen molar-refractivity contribution in [3.05, 3.63) is 17.8 Å². The van der Waals surface area contributed by atoms with Crippen LogP contribution < -0.4 is 15.5 Å². The molecule has 2 N–H and O–H groups in total. The smallest absolute Gasteiger partial charge is 0.315 e. The van der Waals surface area contributed by atoms with E-state index in [1.807, 2.05) is 26.0 Å². The molecule has 1 aromatic heterocycles. The Bertz CT molecular complexity index is 591. The van der Waals surface area contributed by atoms with E-state index in [0.29, 0.717) is 13.1 Å². The topological polar surface area (TPSA) is 90.5 Å². The van der Waals surface area contributed by atoms with Gasteiger partial charge in [0.05, 0.1) is 5.69 Å². The monoisotopic (exact) mass is 348 g/mol. The lowest BCUT2D eigenvalue weighted by atomic mass is 10.1. The number of aromatic nitrogens is 2. The molecule has 0 unspecified atom stereocenters. The number of piperidine rings is 1. The van der Waals surface area contributed by atoms with Crippen LogP contribution >= 0.6 is 0 Å². The van der Waals surface area contributed by atoms with Crippen LogP contribution in [0.1, 0.15) is 32.4 Å². The quantitative estimate of drug-likeness (QED) is 0.826. The van der Waals surface area contributed by atoms with Crippen LogP contribution in [0.25, 0.3) is 0 Å². The van der Waals surface area contributed by atoms with Gasteiger partial charge in [-0.25, -0.2) is 4.79 Å². The molecule has 1 saturated heterocycles. The number of carbonyl (C=O) groups excluding carboxylic acids is 2. The second kappa shape index (κ2) is 8.64. The molecule has 2 rings (SSSR count). The van der Waals surface area contributed by atoms with Crippen molar-refractivity contribution in [2.75, 3.05) is 31.6 Å². The number of rotatable bonds is 5. The summed E-state index contributed by atoms with van der Waals surface area (Å²) in [4.78, 5) is 27.9. The molecule has 0 radical (unpaired) electrons. The summed E-state index contributed by atoms with van der Waals surface area (Å²) < 4.78 is 0. The average Bonchev–Trinajstić information content (AvgIpc) is 2.61. The van der Waals surface area contributed by atoms with Crippen molar-refractivity contribution in [1.29, 1.82) is 0 Å². The van der Waals surface area contributed by atoms with E-state index < -0.39 is 6.04 Å². The lowest BCUT2D eigenvalue weighted by molar-refractivity contribution is -0.131. The van der Waals surface area contributed by atoms with Crippen molar-refractivity contribution in [3.8, 4) is 0 Å². The third kappa shape index (κ3) is 5.30. The highest BCUT2D eigenvalue weighted by molar-refractivity contribution is 5.86. The Balaban J connectivity index is 1.86. The highest BCUT2D eigenvalue weighted by Gasteiger charge is 2.24. The average molecular weight is 348 g/mol. The Morgan fingerprint density at radius 1 is 1.40 bits per heavy atom. The van der Waals surface area contributed by atoms with E-state index in [2.05, 4.69) is 25.7 Å². The SMILES string of the molecule is CCN(C)C(=O)[C@@H](C)NC(=O)N[C@H]1CCCN(c2ccc(C)nn2)C1. The number of amides is 3. The standard InChI is InChI=1S/C17H28N6O2/c1-5-22(4)16(24)13(3)18-17(25)19-14-7-6-10-23(11-14)15-9-8-12(2)20-21-15/h8-9,13-14H,5-7,10-11H2,1-4H3,(H2,18,19,25)/t13-,14+/m1/s1. The van der Waals surface area contributed by atoms with Crippen LogP contribution in [0.5, 0.6) is 0 Å². The summed E-state index contributed by atoms with van der Waals surface area (Å²) >= 11 is 0. The maximum atomic E-state index is 12.2. The minimum Gasteiger partial charge on any atom is -0.353 e. The second-order valence-electron chi connectivity index (χ2n) is 6.51. The Kier molecular flexibility index (Phi) is 6.55. The van der Waals surface area contributed by atoms with Gasteiger partial charge in [-0.2, -0.15) is 5.10 Å². The van der Waals surface area contributed by atoms with E-state index >= 15 is 0 Å². The number of carbonyl (C=O) groups is 2. The van der Waals surface area contributed by atoms with Gasteiger partial charge in [0.25, 0.3) is 0 Å². The Labute approximate surface area is 149 Å². The van der Waals surface area contributed by atoms with E-state index in [4.69, 9.17) is 0 Å². The van der Waals surface area contributed by atoms with Crippen LogP contribution in [0.2, 0.25) is 0 Å². The second-order valence-corrected chi connectivity index (χ2v) is 6.51. The lowest BCUT2D eigenvalue weighted by Gasteiger charge is -2.34. The van der Waals surface area contributed by atoms with Crippen molar-refractivity contribution < 1.29 is 9.59 Å². The molecule has 8 nitrogen and oxygen atoms in total. The summed E-state index contributed by atoms with van der Waals surface area (Å²) in [6, 6.07) is 3.04. The molecule has 2 atom stereocenters. The minimum atomic E-state index is -0.549. The number of anilines is 1. The fourth-order valence-corrected chi connectivity index (χ4v) is 2.84. The van der Waals surface area contributed by atoms with Crippen LogP contribution in [-0.2, 0) is 4.79 Å². The first kappa shape index (κ1) is 19.0. The Morgan fingerprint density at radius 2 is 2.16 bits per heavy atom. The van der Waals surface area contributed by atoms with E-state index in [-0.39, 0.29) is 18.0 Å². The Morgan fingerprint density at radius 3 is 2.80 bits per heavy atom. The van der Waals surface area contributed by atoms with Gasteiger partial charge in [0.15, 0.2) is 5.82 Å². The fraction of sp³-hybridized carbons (Fsp3) is 0.647. The molecule has 1 aromatic rings. The maximum Gasteiger partial charge on any atom is 0.315 e. The molecule has 0 saturated carbocycles. The molecule has 25 heavy (non-hydrogen) atoms. The first-order valence-corrected chi connectivity index (χ1v) is 8.78. The highest BCUT2D eigenvalue weighted by Crippen LogP contribution is 2.17. The maximum absolute atomic E-state index is 12.2. The van der Waals surface area contributed by atoms with Crippen LogP contribution in [0, 0.1) is 6.92 Å². The molecule has 2 heterocycles. The summed E-state index contributed by atoms with van der Waals surface area (Å²) in [6.45, 7) is 7.69. The number of nitrogens with one attached hydrogen (secondary N) is 2. The zero-order valence-corrected chi connectivity index (χ0v) is 15.5. The van der Waals surface area contributed by atoms with Gasteiger partial charge < -0.3 is 20.4 Å². The molecule has 3 amide bonds. The molecule has 138 valence electrons. The highest BCUT2D eigenvalue weighted by atomic mass is 16.2. The van der Waals surface area contributed by atoms with Gasteiger partial charge in [-0.05, 0) is 45.7 Å². The molecule has 0 spiro atoms. The van der Waals surface area contributed by atoms with Crippen molar-refractivity contribution in [2.45, 2.75) is 45.7 Å². The molecular formula is C17H28N6O2. The van der Waals surface area contributed by atoms with Gasteiger partial charge in [0.1, 0.15) is 6.04 Å². The largest absolute Gasteiger partial charge is 0.353 e. The number of urea groups is 1. The van der Waals surface area contributed by atoms with Crippen molar-refractivity contribution >= 4 is 17.8 Å². The lowest BCUT2D eigenvalue weighted by Crippen LogP contribution is -2.54. The molecule has 8 heteroatoms. The van der Waals surface area contributed by atoms with Crippen LogP contribution in [-0.4, -0.2) is 65.8 Å². The van der Waals surface area contributed by atoms with Gasteiger partial charge >= 0.3 is 6.03 Å². The minimum absolute atomic E-state index is 0.0167. The summed E-state index contributed by atoms with van der Waals surface area (Å²) in [5, 5.41) is 14.0. The molecule has 0 aliphatic carbocycles. The molecule has 1 aliphatic rings. The number of nitrogens with zero attached hydrogens (tertiary/aromatic N) is 4. The normalized spacial score (nSPS) is 18.4. The molecule has 1 aliphatic heterocycles. The summed E-state index contributed by atoms with van der Waals surface area (Å²) in [5.41, 5.74) is 0.880. The number of likely N-dealkylation sites (N-methyl/N-ethyl adjacent to an activating group) is 1. The van der Waals surface area contributed by atoms with Gasteiger partial charge in [-0.1, -0.05) is 0 Å². The van der Waals surface area contributed by atoms with E-state index in [1.54, 1.807) is 18.9 Å². The van der Waals surface area contributed by atoms with Gasteiger partial charge in [-0.3, -0.25) is 4.79 Å². The number of aryl methyl sites for hydroxylation is 1. The van der Waals surface area contributed by atoms with Crippen LogP contribution in [0.15, 0.2) is 12.1 Å². The van der Waals surface area contributed by atoms with Crippen molar-refractivity contribution in [3.63, 3.8) is 0 Å². The summed E-state index contributed by atoms with van der Waals surface area (Å²) in [7, 11) is 1.72. The Hall–Kier alpha value is -2.38. The van der Waals surface area contributed by atoms with E-state index in [0.717, 1.165) is 30.9 Å². The van der Waals surface area contributed by atoms with E-state index in [1.165, 1.54) is 0 Å².